The number of hydrogen-bond donors (Lipinski definition) is 1. The van der Waals surface area contributed by atoms with Gasteiger partial charge in [-0.05, 0) is 36.5 Å². The molecule has 4 nitrogen and oxygen atoms in total. The monoisotopic (exact) mass is 262 g/mol. The van der Waals surface area contributed by atoms with Gasteiger partial charge in [-0.1, -0.05) is 12.5 Å². The molecule has 19 heavy (non-hydrogen) atoms. The van der Waals surface area contributed by atoms with E-state index in [0.29, 0.717) is 18.7 Å². The lowest BCUT2D eigenvalue weighted by atomic mass is 9.66. The lowest BCUT2D eigenvalue weighted by molar-refractivity contribution is -0.120. The van der Waals surface area contributed by atoms with Crippen molar-refractivity contribution in [1.82, 2.24) is 5.32 Å². The van der Waals surface area contributed by atoms with Crippen molar-refractivity contribution < 1.29 is 14.0 Å². The second-order valence-corrected chi connectivity index (χ2v) is 5.40. The summed E-state index contributed by atoms with van der Waals surface area (Å²) < 4.78 is 13.2. The van der Waals surface area contributed by atoms with Gasteiger partial charge in [-0.3, -0.25) is 4.79 Å². The fraction of sp³-hybridized carbons (Fsp3) is 0.429. The molecule has 1 saturated heterocycles. The Morgan fingerprint density at radius 3 is 2.68 bits per heavy atom. The molecule has 1 saturated carbocycles. The average Bonchev–Trinajstić information content (AvgIpc) is 2.45. The van der Waals surface area contributed by atoms with Crippen molar-refractivity contribution in [2.45, 2.75) is 25.7 Å². The largest absolute Gasteiger partial charge is 0.337 e. The number of halogens is 1. The second-order valence-electron chi connectivity index (χ2n) is 5.40. The van der Waals surface area contributed by atoms with E-state index < -0.39 is 11.8 Å². The van der Waals surface area contributed by atoms with E-state index in [9.17, 15) is 14.0 Å². The summed E-state index contributed by atoms with van der Waals surface area (Å²) in [7, 11) is 0. The summed E-state index contributed by atoms with van der Waals surface area (Å²) in [6.07, 6.45) is 3.39. The van der Waals surface area contributed by atoms with Crippen molar-refractivity contribution in [3.8, 4) is 0 Å². The van der Waals surface area contributed by atoms with Crippen LogP contribution in [0.2, 0.25) is 0 Å². The third-order valence-electron chi connectivity index (χ3n) is 4.07. The van der Waals surface area contributed by atoms with Gasteiger partial charge in [0.2, 0.25) is 5.91 Å². The summed E-state index contributed by atoms with van der Waals surface area (Å²) in [5.41, 5.74) is 0.216. The first-order chi connectivity index (χ1) is 9.10. The molecular weight excluding hydrogens is 247 g/mol. The van der Waals surface area contributed by atoms with Crippen LogP contribution in [0.1, 0.15) is 25.7 Å². The summed E-state index contributed by atoms with van der Waals surface area (Å²) >= 11 is 0. The fourth-order valence-electron chi connectivity index (χ4n) is 2.82. The Bertz CT molecular complexity index is 540. The minimum absolute atomic E-state index is 0.0746. The molecule has 1 heterocycles. The quantitative estimate of drug-likeness (QED) is 0.845. The van der Waals surface area contributed by atoms with Crippen LogP contribution in [0.15, 0.2) is 24.3 Å². The molecule has 0 atom stereocenters. The summed E-state index contributed by atoms with van der Waals surface area (Å²) in [6, 6.07) is 5.10. The van der Waals surface area contributed by atoms with Crippen molar-refractivity contribution in [3.05, 3.63) is 30.1 Å². The van der Waals surface area contributed by atoms with Gasteiger partial charge in [0.25, 0.3) is 0 Å². The maximum absolute atomic E-state index is 13.2. The number of hydrogen-bond acceptors (Lipinski definition) is 2. The van der Waals surface area contributed by atoms with Gasteiger partial charge in [-0.15, -0.1) is 0 Å². The smallest absolute Gasteiger partial charge is 0.328 e. The number of rotatable bonds is 1. The number of carbonyl (C=O) groups excluding carboxylic acids is 2. The van der Waals surface area contributed by atoms with Crippen LogP contribution in [0.4, 0.5) is 14.9 Å². The van der Waals surface area contributed by atoms with Crippen LogP contribution in [-0.2, 0) is 4.79 Å². The van der Waals surface area contributed by atoms with Crippen molar-refractivity contribution in [2.75, 3.05) is 11.4 Å². The zero-order chi connectivity index (χ0) is 13.5. The van der Waals surface area contributed by atoms with Crippen LogP contribution in [0.3, 0.4) is 0 Å². The normalized spacial score (nSPS) is 21.8. The Hall–Kier alpha value is -1.91. The lowest BCUT2D eigenvalue weighted by Gasteiger charge is -2.39. The molecule has 3 amide bonds. The summed E-state index contributed by atoms with van der Waals surface area (Å²) in [4.78, 5) is 25.4. The number of nitrogens with zero attached hydrogens (tertiary/aromatic N) is 1. The Kier molecular flexibility index (Phi) is 2.77. The molecule has 0 unspecified atom stereocenters. The Morgan fingerprint density at radius 2 is 2.05 bits per heavy atom. The number of nitrogens with one attached hydrogen (secondary N) is 1. The van der Waals surface area contributed by atoms with E-state index in [1.807, 2.05) is 0 Å². The molecule has 1 aromatic rings. The molecule has 2 aliphatic rings. The van der Waals surface area contributed by atoms with E-state index in [1.165, 1.54) is 18.2 Å². The van der Waals surface area contributed by atoms with E-state index in [4.69, 9.17) is 0 Å². The number of benzene rings is 1. The molecule has 1 spiro atoms. The number of amides is 3. The van der Waals surface area contributed by atoms with Crippen LogP contribution >= 0.6 is 0 Å². The molecule has 0 radical (unpaired) electrons. The van der Waals surface area contributed by atoms with Gasteiger partial charge in [0, 0.05) is 13.0 Å². The molecule has 1 aromatic carbocycles. The van der Waals surface area contributed by atoms with E-state index in [2.05, 4.69) is 5.32 Å². The highest BCUT2D eigenvalue weighted by molar-refractivity contribution is 6.14. The topological polar surface area (TPSA) is 49.4 Å². The molecule has 0 aromatic heterocycles. The maximum Gasteiger partial charge on any atom is 0.328 e. The fourth-order valence-corrected chi connectivity index (χ4v) is 2.82. The highest BCUT2D eigenvalue weighted by Crippen LogP contribution is 2.45. The zero-order valence-corrected chi connectivity index (χ0v) is 10.5. The first-order valence-corrected chi connectivity index (χ1v) is 6.46. The molecule has 3 rings (SSSR count). The number of urea groups is 1. The molecule has 100 valence electrons. The van der Waals surface area contributed by atoms with E-state index in [1.54, 1.807) is 6.07 Å². The van der Waals surface area contributed by atoms with E-state index in [0.717, 1.165) is 24.2 Å². The molecule has 1 aliphatic carbocycles. The van der Waals surface area contributed by atoms with Gasteiger partial charge in [-0.25, -0.2) is 14.1 Å². The second kappa shape index (κ2) is 4.33. The lowest BCUT2D eigenvalue weighted by Crippen LogP contribution is -2.42. The Morgan fingerprint density at radius 1 is 1.26 bits per heavy atom. The summed E-state index contributed by atoms with van der Waals surface area (Å²) in [6.45, 7) is 0.531. The van der Waals surface area contributed by atoms with Crippen LogP contribution in [0.5, 0.6) is 0 Å². The first-order valence-electron chi connectivity index (χ1n) is 6.46. The van der Waals surface area contributed by atoms with Gasteiger partial charge in [0.05, 0.1) is 5.69 Å². The van der Waals surface area contributed by atoms with Gasteiger partial charge in [0.15, 0.2) is 0 Å². The van der Waals surface area contributed by atoms with Gasteiger partial charge >= 0.3 is 6.03 Å². The highest BCUT2D eigenvalue weighted by atomic mass is 19.1. The minimum Gasteiger partial charge on any atom is -0.337 e. The molecular formula is C14H15FN2O2. The summed E-state index contributed by atoms with van der Waals surface area (Å²) in [5, 5.41) is 2.78. The average molecular weight is 262 g/mol. The standard InChI is InChI=1S/C14H15FN2O2/c15-10-3-1-4-11(7-10)17-12(18)8-14(5-2-6-14)9-16-13(17)19/h1,3-4,7H,2,5-6,8-9H2,(H,16,19). The van der Waals surface area contributed by atoms with Gasteiger partial charge < -0.3 is 5.32 Å². The Labute approximate surface area is 110 Å². The summed E-state index contributed by atoms with van der Waals surface area (Å²) in [5.74, 6) is -0.707. The van der Waals surface area contributed by atoms with Crippen molar-refractivity contribution in [2.24, 2.45) is 5.41 Å². The van der Waals surface area contributed by atoms with E-state index in [-0.39, 0.29) is 11.3 Å². The van der Waals surface area contributed by atoms with Crippen LogP contribution in [-0.4, -0.2) is 18.5 Å². The van der Waals surface area contributed by atoms with Crippen molar-refractivity contribution >= 4 is 17.6 Å². The SMILES string of the molecule is O=C1CC2(CCC2)CNC(=O)N1c1cccc(F)c1. The molecule has 2 fully saturated rings. The van der Waals surface area contributed by atoms with Crippen LogP contribution in [0.25, 0.3) is 0 Å². The molecule has 0 bridgehead atoms. The third-order valence-corrected chi connectivity index (χ3v) is 4.07. The maximum atomic E-state index is 13.2. The minimum atomic E-state index is -0.459. The third kappa shape index (κ3) is 2.09. The van der Waals surface area contributed by atoms with Crippen LogP contribution < -0.4 is 10.2 Å². The van der Waals surface area contributed by atoms with Gasteiger partial charge in [0.1, 0.15) is 5.82 Å². The number of carbonyl (C=O) groups is 2. The first kappa shape index (κ1) is 12.1. The number of imide groups is 1. The van der Waals surface area contributed by atoms with Crippen molar-refractivity contribution in [3.63, 3.8) is 0 Å². The Balaban J connectivity index is 1.91. The zero-order valence-electron chi connectivity index (χ0n) is 10.5. The predicted octanol–water partition coefficient (Wildman–Crippen LogP) is 2.44. The molecule has 1 aliphatic heterocycles. The number of anilines is 1. The highest BCUT2D eigenvalue weighted by Gasteiger charge is 2.44. The van der Waals surface area contributed by atoms with Crippen LogP contribution in [0, 0.1) is 11.2 Å². The molecule has 5 heteroatoms. The predicted molar refractivity (Wildman–Crippen MR) is 68.2 cm³/mol. The molecule has 1 N–H and O–H groups in total. The van der Waals surface area contributed by atoms with Crippen molar-refractivity contribution in [1.29, 1.82) is 0 Å². The van der Waals surface area contributed by atoms with E-state index >= 15 is 0 Å². The van der Waals surface area contributed by atoms with Gasteiger partial charge in [-0.2, -0.15) is 0 Å².